The standard InChI is InChI=1S/C20H19FN2O5/c1-28-17-7-5-12(19(25)23-8-2-3-9-23)11-16(17)22-18(24)14-6-4-13(20(26)27)10-15(14)21/h4-7,10-11H,2-3,8-9H2,1H3,(H,22,24)(H,26,27). The first-order chi connectivity index (χ1) is 13.4. The number of carbonyl (C=O) groups excluding carboxylic acids is 2. The summed E-state index contributed by atoms with van der Waals surface area (Å²) in [6.45, 7) is 1.38. The number of benzene rings is 2. The Kier molecular flexibility index (Phi) is 5.58. The fourth-order valence-electron chi connectivity index (χ4n) is 3.06. The van der Waals surface area contributed by atoms with Gasteiger partial charge in [-0.25, -0.2) is 9.18 Å². The maximum absolute atomic E-state index is 14.1. The highest BCUT2D eigenvalue weighted by Crippen LogP contribution is 2.27. The molecule has 0 atom stereocenters. The number of nitrogens with one attached hydrogen (secondary N) is 1. The number of methoxy groups -OCH3 is 1. The molecular formula is C20H19FN2O5. The van der Waals surface area contributed by atoms with Crippen LogP contribution >= 0.6 is 0 Å². The molecule has 3 rings (SSSR count). The lowest BCUT2D eigenvalue weighted by Gasteiger charge is -2.17. The number of nitrogens with zero attached hydrogens (tertiary/aromatic N) is 1. The highest BCUT2D eigenvalue weighted by molar-refractivity contribution is 6.06. The van der Waals surface area contributed by atoms with Crippen LogP contribution in [0.15, 0.2) is 36.4 Å². The first-order valence-corrected chi connectivity index (χ1v) is 8.72. The van der Waals surface area contributed by atoms with E-state index in [1.54, 1.807) is 17.0 Å². The number of carbonyl (C=O) groups is 3. The second-order valence-corrected chi connectivity index (χ2v) is 6.37. The second-order valence-electron chi connectivity index (χ2n) is 6.37. The zero-order valence-electron chi connectivity index (χ0n) is 15.2. The normalized spacial score (nSPS) is 13.3. The SMILES string of the molecule is COc1ccc(C(=O)N2CCCC2)cc1NC(=O)c1ccc(C(=O)O)cc1F. The van der Waals surface area contributed by atoms with Crippen molar-refractivity contribution in [2.45, 2.75) is 12.8 Å². The highest BCUT2D eigenvalue weighted by Gasteiger charge is 2.22. The zero-order chi connectivity index (χ0) is 20.3. The summed E-state index contributed by atoms with van der Waals surface area (Å²) in [6.07, 6.45) is 1.91. The molecular weight excluding hydrogens is 367 g/mol. The summed E-state index contributed by atoms with van der Waals surface area (Å²) < 4.78 is 19.4. The lowest BCUT2D eigenvalue weighted by molar-refractivity contribution is 0.0695. The molecule has 0 saturated carbocycles. The molecule has 2 N–H and O–H groups in total. The van der Waals surface area contributed by atoms with Crippen molar-refractivity contribution >= 4 is 23.5 Å². The maximum Gasteiger partial charge on any atom is 0.335 e. The predicted octanol–water partition coefficient (Wildman–Crippen LogP) is 3.02. The third-order valence-corrected chi connectivity index (χ3v) is 4.55. The van der Waals surface area contributed by atoms with Crippen LogP contribution < -0.4 is 10.1 Å². The third-order valence-electron chi connectivity index (χ3n) is 4.55. The number of amides is 2. The fraction of sp³-hybridized carbons (Fsp3) is 0.250. The fourth-order valence-corrected chi connectivity index (χ4v) is 3.06. The van der Waals surface area contributed by atoms with Crippen LogP contribution in [0.4, 0.5) is 10.1 Å². The Morgan fingerprint density at radius 1 is 1.07 bits per heavy atom. The van der Waals surface area contributed by atoms with E-state index in [9.17, 15) is 18.8 Å². The Balaban J connectivity index is 1.86. The van der Waals surface area contributed by atoms with E-state index < -0.39 is 17.7 Å². The summed E-state index contributed by atoms with van der Waals surface area (Å²) in [5.41, 5.74) is 0.0344. The molecule has 8 heteroatoms. The van der Waals surface area contributed by atoms with Gasteiger partial charge in [-0.2, -0.15) is 0 Å². The first-order valence-electron chi connectivity index (χ1n) is 8.72. The number of aromatic carboxylic acids is 1. The van der Waals surface area contributed by atoms with Gasteiger partial charge in [-0.15, -0.1) is 0 Å². The molecule has 1 aliphatic rings. The molecule has 0 unspecified atom stereocenters. The van der Waals surface area contributed by atoms with Gasteiger partial charge in [0.05, 0.1) is 23.9 Å². The van der Waals surface area contributed by atoms with E-state index in [1.165, 1.54) is 13.2 Å². The molecule has 2 aromatic rings. The van der Waals surface area contributed by atoms with Gasteiger partial charge in [-0.05, 0) is 49.2 Å². The monoisotopic (exact) mass is 386 g/mol. The number of carboxylic acid groups (broad SMARTS) is 1. The molecule has 0 spiro atoms. The third kappa shape index (κ3) is 3.95. The molecule has 28 heavy (non-hydrogen) atoms. The molecule has 1 fully saturated rings. The van der Waals surface area contributed by atoms with Crippen LogP contribution in [0.5, 0.6) is 5.75 Å². The Labute approximate surface area is 160 Å². The molecule has 1 heterocycles. The topological polar surface area (TPSA) is 95.9 Å². The maximum atomic E-state index is 14.1. The largest absolute Gasteiger partial charge is 0.495 e. The summed E-state index contributed by atoms with van der Waals surface area (Å²) in [4.78, 5) is 37.7. The molecule has 0 bridgehead atoms. The van der Waals surface area contributed by atoms with Crippen LogP contribution in [0.25, 0.3) is 0 Å². The lowest BCUT2D eigenvalue weighted by Crippen LogP contribution is -2.27. The Morgan fingerprint density at radius 2 is 1.75 bits per heavy atom. The van der Waals surface area contributed by atoms with Crippen LogP contribution in [-0.4, -0.2) is 48.0 Å². The van der Waals surface area contributed by atoms with Crippen molar-refractivity contribution in [2.24, 2.45) is 0 Å². The molecule has 0 radical (unpaired) electrons. The molecule has 146 valence electrons. The smallest absolute Gasteiger partial charge is 0.335 e. The summed E-state index contributed by atoms with van der Waals surface area (Å²) in [7, 11) is 1.41. The van der Waals surface area contributed by atoms with Crippen molar-refractivity contribution in [1.82, 2.24) is 4.90 Å². The van der Waals surface area contributed by atoms with Crippen LogP contribution in [0.2, 0.25) is 0 Å². The Bertz CT molecular complexity index is 938. The van der Waals surface area contributed by atoms with Gasteiger partial charge in [0, 0.05) is 18.7 Å². The molecule has 0 aromatic heterocycles. The Morgan fingerprint density at radius 3 is 2.36 bits per heavy atom. The van der Waals surface area contributed by atoms with Crippen LogP contribution in [-0.2, 0) is 0 Å². The second kappa shape index (κ2) is 8.08. The predicted molar refractivity (Wildman–Crippen MR) is 99.4 cm³/mol. The number of halogens is 1. The summed E-state index contributed by atoms with van der Waals surface area (Å²) in [5.74, 6) is -2.86. The van der Waals surface area contributed by atoms with Gasteiger partial charge in [0.1, 0.15) is 11.6 Å². The molecule has 0 aliphatic carbocycles. The molecule has 2 aromatic carbocycles. The van der Waals surface area contributed by atoms with Gasteiger partial charge >= 0.3 is 5.97 Å². The minimum atomic E-state index is -1.29. The summed E-state index contributed by atoms with van der Waals surface area (Å²) in [5, 5.41) is 11.4. The van der Waals surface area contributed by atoms with E-state index in [-0.39, 0.29) is 22.7 Å². The minimum absolute atomic E-state index is 0.146. The van der Waals surface area contributed by atoms with E-state index in [0.717, 1.165) is 31.0 Å². The van der Waals surface area contributed by atoms with Gasteiger partial charge in [-0.3, -0.25) is 9.59 Å². The van der Waals surface area contributed by atoms with Crippen molar-refractivity contribution in [3.05, 3.63) is 58.9 Å². The number of hydrogen-bond acceptors (Lipinski definition) is 4. The van der Waals surface area contributed by atoms with E-state index in [2.05, 4.69) is 5.32 Å². The average molecular weight is 386 g/mol. The number of carboxylic acids is 1. The average Bonchev–Trinajstić information content (AvgIpc) is 3.21. The van der Waals surface area contributed by atoms with E-state index in [1.807, 2.05) is 0 Å². The van der Waals surface area contributed by atoms with Crippen LogP contribution in [0, 0.1) is 5.82 Å². The van der Waals surface area contributed by atoms with Gasteiger partial charge in [0.15, 0.2) is 0 Å². The zero-order valence-corrected chi connectivity index (χ0v) is 15.2. The highest BCUT2D eigenvalue weighted by atomic mass is 19.1. The van der Waals surface area contributed by atoms with Crippen molar-refractivity contribution in [2.75, 3.05) is 25.5 Å². The lowest BCUT2D eigenvalue weighted by atomic mass is 10.1. The molecule has 1 aliphatic heterocycles. The minimum Gasteiger partial charge on any atom is -0.495 e. The van der Waals surface area contributed by atoms with Crippen LogP contribution in [0.3, 0.4) is 0 Å². The van der Waals surface area contributed by atoms with E-state index >= 15 is 0 Å². The van der Waals surface area contributed by atoms with Crippen LogP contribution in [0.1, 0.15) is 43.9 Å². The molecule has 7 nitrogen and oxygen atoms in total. The van der Waals surface area contributed by atoms with Crippen molar-refractivity contribution in [1.29, 1.82) is 0 Å². The molecule has 1 saturated heterocycles. The summed E-state index contributed by atoms with van der Waals surface area (Å²) in [6, 6.07) is 7.67. The van der Waals surface area contributed by atoms with Gasteiger partial charge in [0.2, 0.25) is 0 Å². The molecule has 2 amide bonds. The number of rotatable bonds is 5. The van der Waals surface area contributed by atoms with Crippen molar-refractivity contribution in [3.8, 4) is 5.75 Å². The first kappa shape index (κ1) is 19.3. The van der Waals surface area contributed by atoms with Crippen molar-refractivity contribution in [3.63, 3.8) is 0 Å². The summed E-state index contributed by atoms with van der Waals surface area (Å²) >= 11 is 0. The van der Waals surface area contributed by atoms with Gasteiger partial charge < -0.3 is 20.1 Å². The van der Waals surface area contributed by atoms with E-state index in [4.69, 9.17) is 9.84 Å². The number of likely N-dealkylation sites (tertiary alicyclic amines) is 1. The van der Waals surface area contributed by atoms with Gasteiger partial charge in [-0.1, -0.05) is 0 Å². The number of anilines is 1. The van der Waals surface area contributed by atoms with E-state index in [0.29, 0.717) is 24.4 Å². The quantitative estimate of drug-likeness (QED) is 0.824. The van der Waals surface area contributed by atoms with Crippen molar-refractivity contribution < 1.29 is 28.6 Å². The number of ether oxygens (including phenoxy) is 1. The number of hydrogen-bond donors (Lipinski definition) is 2. The van der Waals surface area contributed by atoms with Gasteiger partial charge in [0.25, 0.3) is 11.8 Å². The Hall–Kier alpha value is -3.42.